The van der Waals surface area contributed by atoms with Crippen molar-refractivity contribution in [3.8, 4) is 0 Å². The lowest BCUT2D eigenvalue weighted by Gasteiger charge is -2.39. The van der Waals surface area contributed by atoms with Gasteiger partial charge < -0.3 is 14.8 Å². The summed E-state index contributed by atoms with van der Waals surface area (Å²) in [5.41, 5.74) is 1.36. The Bertz CT molecular complexity index is 1020. The smallest absolute Gasteiger partial charge is 0.232 e. The first-order valence-electron chi connectivity index (χ1n) is 9.44. The predicted molar refractivity (Wildman–Crippen MR) is 106 cm³/mol. The minimum absolute atomic E-state index is 0.00848. The van der Waals surface area contributed by atoms with Gasteiger partial charge in [-0.2, -0.15) is 0 Å². The van der Waals surface area contributed by atoms with Crippen molar-refractivity contribution in [2.75, 3.05) is 31.1 Å². The molecule has 1 aliphatic heterocycles. The van der Waals surface area contributed by atoms with Gasteiger partial charge in [0.25, 0.3) is 0 Å². The zero-order valence-electron chi connectivity index (χ0n) is 16.0. The number of benzene rings is 2. The molecule has 0 aliphatic carbocycles. The van der Waals surface area contributed by atoms with Crippen molar-refractivity contribution in [2.45, 2.75) is 19.3 Å². The number of carbonyl (C=O) groups excluding carboxylic acids is 1. The minimum Gasteiger partial charge on any atom is -0.366 e. The summed E-state index contributed by atoms with van der Waals surface area (Å²) in [6.07, 6.45) is 1.79. The molecule has 1 amide bonds. The largest absolute Gasteiger partial charge is 0.366 e. The molecule has 3 aromatic rings. The predicted octanol–water partition coefficient (Wildman–Crippen LogP) is 4.07. The van der Waals surface area contributed by atoms with Crippen LogP contribution in [0.5, 0.6) is 0 Å². The number of piperazine rings is 1. The first-order valence-corrected chi connectivity index (χ1v) is 9.44. The van der Waals surface area contributed by atoms with Gasteiger partial charge in [0.1, 0.15) is 11.6 Å². The number of H-pyrrole nitrogens is 1. The van der Waals surface area contributed by atoms with Crippen LogP contribution in [0.1, 0.15) is 19.4 Å². The molecule has 28 heavy (non-hydrogen) atoms. The number of nitrogens with one attached hydrogen (secondary N) is 1. The first-order chi connectivity index (χ1) is 13.4. The standard InChI is InChI=1S/C22H23F2N3O/c1-22(2,17-14-25-19-8-7-15(23)13-16(17)19)21(28)27-11-9-26(10-12-27)20-6-4-3-5-18(20)24/h3-8,13-14,25H,9-12H2,1-2H3. The fourth-order valence-corrected chi connectivity index (χ4v) is 3.98. The van der Waals surface area contributed by atoms with Gasteiger partial charge in [-0.1, -0.05) is 12.1 Å². The average molecular weight is 383 g/mol. The Morgan fingerprint density at radius 2 is 1.75 bits per heavy atom. The van der Waals surface area contributed by atoms with Crippen LogP contribution >= 0.6 is 0 Å². The third-order valence-electron chi connectivity index (χ3n) is 5.61. The Balaban J connectivity index is 1.53. The van der Waals surface area contributed by atoms with Crippen LogP contribution in [0.25, 0.3) is 10.9 Å². The fourth-order valence-electron chi connectivity index (χ4n) is 3.98. The molecule has 2 aromatic carbocycles. The summed E-state index contributed by atoms with van der Waals surface area (Å²) < 4.78 is 27.8. The van der Waals surface area contributed by atoms with Crippen molar-refractivity contribution in [2.24, 2.45) is 0 Å². The van der Waals surface area contributed by atoms with Crippen molar-refractivity contribution >= 4 is 22.5 Å². The Labute approximate surface area is 162 Å². The van der Waals surface area contributed by atoms with E-state index in [1.165, 1.54) is 18.2 Å². The van der Waals surface area contributed by atoms with Crippen LogP contribution in [0.3, 0.4) is 0 Å². The maximum atomic E-state index is 14.0. The molecule has 0 unspecified atom stereocenters. The molecule has 4 nitrogen and oxygen atoms in total. The highest BCUT2D eigenvalue weighted by Gasteiger charge is 2.37. The highest BCUT2D eigenvalue weighted by molar-refractivity contribution is 5.94. The quantitative estimate of drug-likeness (QED) is 0.741. The number of hydrogen-bond acceptors (Lipinski definition) is 2. The highest BCUT2D eigenvalue weighted by Crippen LogP contribution is 2.33. The van der Waals surface area contributed by atoms with Gasteiger partial charge in [0.15, 0.2) is 0 Å². The van der Waals surface area contributed by atoms with Gasteiger partial charge in [-0.05, 0) is 49.7 Å². The number of hydrogen-bond donors (Lipinski definition) is 1. The van der Waals surface area contributed by atoms with Crippen LogP contribution in [0.15, 0.2) is 48.7 Å². The van der Waals surface area contributed by atoms with Gasteiger partial charge in [0.2, 0.25) is 5.91 Å². The van der Waals surface area contributed by atoms with E-state index in [2.05, 4.69) is 4.98 Å². The van der Waals surface area contributed by atoms with E-state index in [1.54, 1.807) is 24.4 Å². The molecule has 0 spiro atoms. The fraction of sp³-hybridized carbons (Fsp3) is 0.318. The summed E-state index contributed by atoms with van der Waals surface area (Å²) >= 11 is 0. The molecular formula is C22H23F2N3O. The zero-order valence-corrected chi connectivity index (χ0v) is 16.0. The lowest BCUT2D eigenvalue weighted by molar-refractivity contribution is -0.136. The molecule has 0 radical (unpaired) electrons. The molecular weight excluding hydrogens is 360 g/mol. The summed E-state index contributed by atoms with van der Waals surface area (Å²) in [4.78, 5) is 20.2. The van der Waals surface area contributed by atoms with Crippen molar-refractivity contribution < 1.29 is 13.6 Å². The van der Waals surface area contributed by atoms with E-state index in [1.807, 2.05) is 29.7 Å². The molecule has 1 aromatic heterocycles. The summed E-state index contributed by atoms with van der Waals surface area (Å²) in [7, 11) is 0. The molecule has 146 valence electrons. The molecule has 4 rings (SSSR count). The van der Waals surface area contributed by atoms with Crippen LogP contribution < -0.4 is 4.90 Å². The summed E-state index contributed by atoms with van der Waals surface area (Å²) in [5.74, 6) is -0.579. The number of carbonyl (C=O) groups is 1. The van der Waals surface area contributed by atoms with Crippen LogP contribution in [0, 0.1) is 11.6 Å². The van der Waals surface area contributed by atoms with Crippen LogP contribution in [0.2, 0.25) is 0 Å². The van der Waals surface area contributed by atoms with E-state index < -0.39 is 5.41 Å². The lowest BCUT2D eigenvalue weighted by Crippen LogP contribution is -2.53. The van der Waals surface area contributed by atoms with Gasteiger partial charge in [0, 0.05) is 43.3 Å². The molecule has 6 heteroatoms. The minimum atomic E-state index is -0.799. The van der Waals surface area contributed by atoms with Gasteiger partial charge in [-0.15, -0.1) is 0 Å². The molecule has 2 heterocycles. The second kappa shape index (κ2) is 6.93. The third-order valence-corrected chi connectivity index (χ3v) is 5.61. The summed E-state index contributed by atoms with van der Waals surface area (Å²) in [5, 5.41) is 0.725. The number of para-hydroxylation sites is 1. The Morgan fingerprint density at radius 3 is 2.46 bits per heavy atom. The monoisotopic (exact) mass is 383 g/mol. The van der Waals surface area contributed by atoms with E-state index in [0.29, 0.717) is 31.9 Å². The maximum absolute atomic E-state index is 14.0. The third kappa shape index (κ3) is 3.13. The first kappa shape index (κ1) is 18.5. The second-order valence-electron chi connectivity index (χ2n) is 7.75. The number of aromatic nitrogens is 1. The maximum Gasteiger partial charge on any atom is 0.232 e. The number of amides is 1. The number of halogens is 2. The number of fused-ring (bicyclic) bond motifs is 1. The van der Waals surface area contributed by atoms with Gasteiger partial charge >= 0.3 is 0 Å². The van der Waals surface area contributed by atoms with Crippen LogP contribution in [-0.2, 0) is 10.2 Å². The number of anilines is 1. The van der Waals surface area contributed by atoms with E-state index >= 15 is 0 Å². The molecule has 0 saturated carbocycles. The molecule has 1 saturated heterocycles. The molecule has 0 bridgehead atoms. The van der Waals surface area contributed by atoms with E-state index in [0.717, 1.165) is 16.5 Å². The summed E-state index contributed by atoms with van der Waals surface area (Å²) in [6.45, 7) is 5.93. The van der Waals surface area contributed by atoms with Crippen LogP contribution in [0.4, 0.5) is 14.5 Å². The summed E-state index contributed by atoms with van der Waals surface area (Å²) in [6, 6.07) is 11.2. The van der Waals surface area contributed by atoms with Crippen molar-refractivity contribution in [3.63, 3.8) is 0 Å². The van der Waals surface area contributed by atoms with Crippen LogP contribution in [-0.4, -0.2) is 42.0 Å². The van der Waals surface area contributed by atoms with Gasteiger partial charge in [-0.25, -0.2) is 8.78 Å². The SMILES string of the molecule is CC(C)(C(=O)N1CCN(c2ccccc2F)CC1)c1c[nH]c2ccc(F)cc12. The highest BCUT2D eigenvalue weighted by atomic mass is 19.1. The number of aromatic amines is 1. The second-order valence-corrected chi connectivity index (χ2v) is 7.75. The van der Waals surface area contributed by atoms with E-state index in [9.17, 15) is 13.6 Å². The topological polar surface area (TPSA) is 39.3 Å². The Morgan fingerprint density at radius 1 is 1.04 bits per heavy atom. The van der Waals surface area contributed by atoms with E-state index in [-0.39, 0.29) is 17.5 Å². The van der Waals surface area contributed by atoms with Gasteiger partial charge in [-0.3, -0.25) is 4.79 Å². The van der Waals surface area contributed by atoms with Gasteiger partial charge in [0.05, 0.1) is 11.1 Å². The van der Waals surface area contributed by atoms with Crippen molar-refractivity contribution in [3.05, 3.63) is 65.9 Å². The normalized spacial score (nSPS) is 15.3. The van der Waals surface area contributed by atoms with Crippen molar-refractivity contribution in [1.82, 2.24) is 9.88 Å². The lowest BCUT2D eigenvalue weighted by atomic mass is 9.82. The Hall–Kier alpha value is -2.89. The molecule has 1 fully saturated rings. The zero-order chi connectivity index (χ0) is 19.9. The number of rotatable bonds is 3. The average Bonchev–Trinajstić information content (AvgIpc) is 3.12. The van der Waals surface area contributed by atoms with Crippen molar-refractivity contribution in [1.29, 1.82) is 0 Å². The molecule has 0 atom stereocenters. The number of nitrogens with zero attached hydrogens (tertiary/aromatic N) is 2. The molecule has 1 aliphatic rings. The molecule has 1 N–H and O–H groups in total. The van der Waals surface area contributed by atoms with E-state index in [4.69, 9.17) is 0 Å². The Kier molecular flexibility index (Phi) is 4.57.